The van der Waals surface area contributed by atoms with Crippen LogP contribution < -0.4 is 11.1 Å². The Balaban J connectivity index is 1.60. The summed E-state index contributed by atoms with van der Waals surface area (Å²) in [6.45, 7) is 3.13. The first-order valence-electron chi connectivity index (χ1n) is 8.07. The number of hydrogen-bond donors (Lipinski definition) is 3. The SMILES string of the molecule is Cc1ccc(CN2CC[C@H](NC(=O)c3cc(C(N)=O)c[nH]3)C2=O)cc1. The summed E-state index contributed by atoms with van der Waals surface area (Å²) in [4.78, 5) is 40.2. The molecule has 1 aromatic carbocycles. The Morgan fingerprint density at radius 3 is 2.68 bits per heavy atom. The molecule has 3 amide bonds. The lowest BCUT2D eigenvalue weighted by Gasteiger charge is -2.17. The van der Waals surface area contributed by atoms with Crippen LogP contribution in [0.4, 0.5) is 0 Å². The molecular weight excluding hydrogens is 320 g/mol. The van der Waals surface area contributed by atoms with Crippen molar-refractivity contribution in [3.63, 3.8) is 0 Å². The van der Waals surface area contributed by atoms with Gasteiger partial charge in [-0.2, -0.15) is 0 Å². The predicted octanol–water partition coefficient (Wildman–Crippen LogP) is 0.953. The lowest BCUT2D eigenvalue weighted by molar-refractivity contribution is -0.129. The van der Waals surface area contributed by atoms with Crippen molar-refractivity contribution in [1.82, 2.24) is 15.2 Å². The number of H-pyrrole nitrogens is 1. The van der Waals surface area contributed by atoms with Gasteiger partial charge in [0, 0.05) is 19.3 Å². The van der Waals surface area contributed by atoms with Crippen molar-refractivity contribution in [1.29, 1.82) is 0 Å². The number of likely N-dealkylation sites (tertiary alicyclic amines) is 1. The number of nitrogens with two attached hydrogens (primary N) is 1. The van der Waals surface area contributed by atoms with Crippen LogP contribution >= 0.6 is 0 Å². The molecule has 1 aliphatic rings. The molecule has 7 heteroatoms. The fourth-order valence-corrected chi connectivity index (χ4v) is 2.85. The van der Waals surface area contributed by atoms with Crippen LogP contribution in [0.5, 0.6) is 0 Å². The predicted molar refractivity (Wildman–Crippen MR) is 91.8 cm³/mol. The first-order chi connectivity index (χ1) is 11.9. The first kappa shape index (κ1) is 16.8. The number of rotatable bonds is 5. The van der Waals surface area contributed by atoms with E-state index in [1.165, 1.54) is 17.8 Å². The van der Waals surface area contributed by atoms with Crippen LogP contribution in [0.25, 0.3) is 0 Å². The van der Waals surface area contributed by atoms with Gasteiger partial charge in [0.25, 0.3) is 5.91 Å². The van der Waals surface area contributed by atoms with E-state index in [-0.39, 0.29) is 17.2 Å². The summed E-state index contributed by atoms with van der Waals surface area (Å²) in [5.41, 5.74) is 7.82. The molecule has 7 nitrogen and oxygen atoms in total. The third-order valence-electron chi connectivity index (χ3n) is 4.31. The average molecular weight is 340 g/mol. The number of amides is 3. The largest absolute Gasteiger partial charge is 0.366 e. The molecule has 0 bridgehead atoms. The van der Waals surface area contributed by atoms with E-state index < -0.39 is 17.9 Å². The van der Waals surface area contributed by atoms with Crippen molar-refractivity contribution in [2.24, 2.45) is 5.73 Å². The summed E-state index contributed by atoms with van der Waals surface area (Å²) in [7, 11) is 0. The van der Waals surface area contributed by atoms with Crippen molar-refractivity contribution >= 4 is 17.7 Å². The smallest absolute Gasteiger partial charge is 0.268 e. The van der Waals surface area contributed by atoms with Gasteiger partial charge in [0.2, 0.25) is 11.8 Å². The van der Waals surface area contributed by atoms with E-state index in [1.54, 1.807) is 4.90 Å². The minimum Gasteiger partial charge on any atom is -0.366 e. The average Bonchev–Trinajstić information content (AvgIpc) is 3.19. The van der Waals surface area contributed by atoms with Crippen LogP contribution in [-0.2, 0) is 11.3 Å². The van der Waals surface area contributed by atoms with Crippen LogP contribution in [0.15, 0.2) is 36.5 Å². The molecule has 1 saturated heterocycles. The van der Waals surface area contributed by atoms with Crippen LogP contribution in [0.1, 0.15) is 38.4 Å². The maximum Gasteiger partial charge on any atom is 0.268 e. The molecule has 130 valence electrons. The van der Waals surface area contributed by atoms with Gasteiger partial charge in [-0.05, 0) is 25.0 Å². The third-order valence-corrected chi connectivity index (χ3v) is 4.31. The first-order valence-corrected chi connectivity index (χ1v) is 8.07. The zero-order chi connectivity index (χ0) is 18.0. The fourth-order valence-electron chi connectivity index (χ4n) is 2.85. The van der Waals surface area contributed by atoms with Crippen molar-refractivity contribution in [3.8, 4) is 0 Å². The fraction of sp³-hybridized carbons (Fsp3) is 0.278. The topological polar surface area (TPSA) is 108 Å². The van der Waals surface area contributed by atoms with Gasteiger partial charge in [0.15, 0.2) is 0 Å². The molecule has 3 rings (SSSR count). The Morgan fingerprint density at radius 2 is 2.04 bits per heavy atom. The van der Waals surface area contributed by atoms with Gasteiger partial charge in [0.05, 0.1) is 5.56 Å². The number of benzene rings is 1. The minimum atomic E-state index is -0.614. The van der Waals surface area contributed by atoms with Crippen molar-refractivity contribution in [3.05, 3.63) is 58.9 Å². The number of carbonyl (C=O) groups is 3. The van der Waals surface area contributed by atoms with Gasteiger partial charge in [-0.25, -0.2) is 0 Å². The van der Waals surface area contributed by atoms with Gasteiger partial charge in [-0.15, -0.1) is 0 Å². The van der Waals surface area contributed by atoms with Crippen molar-refractivity contribution in [2.45, 2.75) is 25.9 Å². The van der Waals surface area contributed by atoms with Gasteiger partial charge < -0.3 is 20.9 Å². The molecule has 0 unspecified atom stereocenters. The van der Waals surface area contributed by atoms with E-state index in [0.717, 1.165) is 5.56 Å². The number of aromatic amines is 1. The van der Waals surface area contributed by atoms with Gasteiger partial charge >= 0.3 is 0 Å². The molecule has 0 radical (unpaired) electrons. The van der Waals surface area contributed by atoms with Crippen LogP contribution in [0.3, 0.4) is 0 Å². The number of aryl methyl sites for hydroxylation is 1. The Hall–Kier alpha value is -3.09. The molecule has 4 N–H and O–H groups in total. The molecule has 2 heterocycles. The maximum absolute atomic E-state index is 12.5. The Morgan fingerprint density at radius 1 is 1.32 bits per heavy atom. The van der Waals surface area contributed by atoms with E-state index >= 15 is 0 Å². The number of aromatic nitrogens is 1. The van der Waals surface area contributed by atoms with Crippen molar-refractivity contribution < 1.29 is 14.4 Å². The summed E-state index contributed by atoms with van der Waals surface area (Å²) in [5, 5.41) is 2.71. The molecule has 1 aromatic heterocycles. The summed E-state index contributed by atoms with van der Waals surface area (Å²) >= 11 is 0. The lowest BCUT2D eigenvalue weighted by atomic mass is 10.1. The van der Waals surface area contributed by atoms with Crippen LogP contribution in [-0.4, -0.2) is 40.2 Å². The molecule has 2 aromatic rings. The zero-order valence-electron chi connectivity index (χ0n) is 13.9. The van der Waals surface area contributed by atoms with E-state index in [0.29, 0.717) is 19.5 Å². The van der Waals surface area contributed by atoms with Gasteiger partial charge in [-0.3, -0.25) is 14.4 Å². The van der Waals surface area contributed by atoms with Crippen molar-refractivity contribution in [2.75, 3.05) is 6.54 Å². The number of primary amides is 1. The van der Waals surface area contributed by atoms with E-state index in [4.69, 9.17) is 5.73 Å². The monoisotopic (exact) mass is 340 g/mol. The maximum atomic E-state index is 12.5. The molecule has 0 spiro atoms. The molecule has 0 saturated carbocycles. The highest BCUT2D eigenvalue weighted by Gasteiger charge is 2.33. The quantitative estimate of drug-likeness (QED) is 0.754. The Bertz CT molecular complexity index is 810. The summed E-state index contributed by atoms with van der Waals surface area (Å²) < 4.78 is 0. The molecular formula is C18H20N4O3. The number of hydrogen-bond acceptors (Lipinski definition) is 3. The minimum absolute atomic E-state index is 0.101. The van der Waals surface area contributed by atoms with E-state index in [2.05, 4.69) is 10.3 Å². The molecule has 0 aliphatic carbocycles. The van der Waals surface area contributed by atoms with Crippen LogP contribution in [0, 0.1) is 6.92 Å². The van der Waals surface area contributed by atoms with E-state index in [1.807, 2.05) is 31.2 Å². The second kappa shape index (κ2) is 6.80. The second-order valence-corrected chi connectivity index (χ2v) is 6.23. The molecule has 25 heavy (non-hydrogen) atoms. The van der Waals surface area contributed by atoms with Crippen LogP contribution in [0.2, 0.25) is 0 Å². The normalized spacial score (nSPS) is 16.9. The highest BCUT2D eigenvalue weighted by Crippen LogP contribution is 2.16. The lowest BCUT2D eigenvalue weighted by Crippen LogP contribution is -2.41. The zero-order valence-corrected chi connectivity index (χ0v) is 13.9. The Labute approximate surface area is 145 Å². The summed E-state index contributed by atoms with van der Waals surface area (Å²) in [5.74, 6) is -1.14. The third kappa shape index (κ3) is 3.71. The van der Waals surface area contributed by atoms with Gasteiger partial charge in [0.1, 0.15) is 11.7 Å². The van der Waals surface area contributed by atoms with Gasteiger partial charge in [-0.1, -0.05) is 29.8 Å². The number of carbonyl (C=O) groups excluding carboxylic acids is 3. The van der Waals surface area contributed by atoms with E-state index in [9.17, 15) is 14.4 Å². The molecule has 1 fully saturated rings. The standard InChI is InChI=1S/C18H20N4O3/c1-11-2-4-12(5-3-11)10-22-7-6-14(18(22)25)21-17(24)15-8-13(9-20-15)16(19)23/h2-5,8-9,14,20H,6-7,10H2,1H3,(H2,19,23)(H,21,24)/t14-/m0/s1. The highest BCUT2D eigenvalue weighted by molar-refractivity contribution is 6.00. The Kier molecular flexibility index (Phi) is 4.56. The summed E-state index contributed by atoms with van der Waals surface area (Å²) in [6, 6.07) is 8.84. The number of nitrogens with zero attached hydrogens (tertiary/aromatic N) is 1. The molecule has 1 atom stereocenters. The summed E-state index contributed by atoms with van der Waals surface area (Å²) in [6.07, 6.45) is 1.93. The molecule has 1 aliphatic heterocycles. The highest BCUT2D eigenvalue weighted by atomic mass is 16.2. The number of nitrogens with one attached hydrogen (secondary N) is 2. The second-order valence-electron chi connectivity index (χ2n) is 6.23.